The number of piperidine rings is 1. The highest BCUT2D eigenvalue weighted by Gasteiger charge is 2.18. The third-order valence-electron chi connectivity index (χ3n) is 3.93. The zero-order valence-corrected chi connectivity index (χ0v) is 11.6. The lowest BCUT2D eigenvalue weighted by molar-refractivity contribution is 0.0953. The highest BCUT2D eigenvalue weighted by Crippen LogP contribution is 2.20. The van der Waals surface area contributed by atoms with Gasteiger partial charge in [-0.1, -0.05) is 25.5 Å². The molecule has 0 saturated carbocycles. The summed E-state index contributed by atoms with van der Waals surface area (Å²) in [5.74, 6) is 5.72. The summed E-state index contributed by atoms with van der Waals surface area (Å²) in [6.45, 7) is 5.62. The normalized spacial score (nSPS) is 20.2. The van der Waals surface area contributed by atoms with Gasteiger partial charge in [0.25, 0.3) is 5.91 Å². The van der Waals surface area contributed by atoms with Crippen LogP contribution in [0.25, 0.3) is 0 Å². The summed E-state index contributed by atoms with van der Waals surface area (Å²) in [7, 11) is 0. The Bertz CT molecular complexity index is 416. The molecule has 4 heteroatoms. The van der Waals surface area contributed by atoms with Gasteiger partial charge >= 0.3 is 0 Å². The van der Waals surface area contributed by atoms with Crippen LogP contribution in [-0.4, -0.2) is 23.9 Å². The van der Waals surface area contributed by atoms with Crippen LogP contribution in [0.3, 0.4) is 0 Å². The maximum Gasteiger partial charge on any atom is 0.265 e. The van der Waals surface area contributed by atoms with E-state index in [0.717, 1.165) is 12.5 Å². The Kier molecular flexibility index (Phi) is 4.93. The van der Waals surface area contributed by atoms with Crippen molar-refractivity contribution in [2.45, 2.75) is 32.7 Å². The van der Waals surface area contributed by atoms with Crippen molar-refractivity contribution < 1.29 is 4.79 Å². The van der Waals surface area contributed by atoms with Crippen molar-refractivity contribution in [2.24, 2.45) is 11.8 Å². The molecule has 1 atom stereocenters. The number of nitrogen functional groups attached to an aromatic ring is 1. The van der Waals surface area contributed by atoms with Gasteiger partial charge in [-0.2, -0.15) is 0 Å². The van der Waals surface area contributed by atoms with Crippen LogP contribution in [0.1, 0.15) is 42.1 Å². The standard InChI is InChI=1S/C15H23N3O/c1-2-12-4-3-9-18(10-12)11-13-5-7-14(8-6-13)15(19)17-16/h5-8,12H,2-4,9-11,16H2,1H3,(H,17,19). The zero-order valence-electron chi connectivity index (χ0n) is 11.6. The van der Waals surface area contributed by atoms with Crippen LogP contribution in [0.2, 0.25) is 0 Å². The first-order valence-electron chi connectivity index (χ1n) is 7.05. The molecule has 2 rings (SSSR count). The van der Waals surface area contributed by atoms with Crippen molar-refractivity contribution in [1.82, 2.24) is 10.3 Å². The average molecular weight is 261 g/mol. The first-order chi connectivity index (χ1) is 9.22. The van der Waals surface area contributed by atoms with Gasteiger partial charge in [0.05, 0.1) is 0 Å². The topological polar surface area (TPSA) is 58.4 Å². The second-order valence-electron chi connectivity index (χ2n) is 5.32. The van der Waals surface area contributed by atoms with Gasteiger partial charge in [0.1, 0.15) is 0 Å². The van der Waals surface area contributed by atoms with E-state index in [1.54, 1.807) is 0 Å². The fourth-order valence-electron chi connectivity index (χ4n) is 2.73. The van der Waals surface area contributed by atoms with Crippen LogP contribution < -0.4 is 11.3 Å². The van der Waals surface area contributed by atoms with E-state index in [2.05, 4.69) is 17.2 Å². The van der Waals surface area contributed by atoms with E-state index >= 15 is 0 Å². The van der Waals surface area contributed by atoms with Crippen molar-refractivity contribution in [2.75, 3.05) is 13.1 Å². The number of rotatable bonds is 4. The van der Waals surface area contributed by atoms with E-state index in [0.29, 0.717) is 5.56 Å². The number of hydrogen-bond donors (Lipinski definition) is 2. The van der Waals surface area contributed by atoms with Crippen LogP contribution in [0.15, 0.2) is 24.3 Å². The SMILES string of the molecule is CCC1CCCN(Cc2ccc(C(=O)NN)cc2)C1. The van der Waals surface area contributed by atoms with Gasteiger partial charge in [0.2, 0.25) is 0 Å². The molecule has 0 spiro atoms. The number of hydrazine groups is 1. The summed E-state index contributed by atoms with van der Waals surface area (Å²) in [4.78, 5) is 13.9. The predicted molar refractivity (Wildman–Crippen MR) is 76.4 cm³/mol. The van der Waals surface area contributed by atoms with Gasteiger partial charge in [0.15, 0.2) is 0 Å². The Morgan fingerprint density at radius 2 is 2.16 bits per heavy atom. The van der Waals surface area contributed by atoms with Gasteiger partial charge < -0.3 is 0 Å². The Balaban J connectivity index is 1.94. The van der Waals surface area contributed by atoms with Crippen molar-refractivity contribution in [3.05, 3.63) is 35.4 Å². The van der Waals surface area contributed by atoms with Crippen LogP contribution in [0.5, 0.6) is 0 Å². The van der Waals surface area contributed by atoms with E-state index in [-0.39, 0.29) is 5.91 Å². The summed E-state index contributed by atoms with van der Waals surface area (Å²) in [6.07, 6.45) is 3.93. The van der Waals surface area contributed by atoms with E-state index in [9.17, 15) is 4.79 Å². The van der Waals surface area contributed by atoms with Crippen molar-refractivity contribution in [3.63, 3.8) is 0 Å². The molecule has 1 unspecified atom stereocenters. The summed E-state index contributed by atoms with van der Waals surface area (Å²) in [5.41, 5.74) is 4.01. The third kappa shape index (κ3) is 3.78. The second kappa shape index (κ2) is 6.68. The maximum absolute atomic E-state index is 11.4. The van der Waals surface area contributed by atoms with Crippen molar-refractivity contribution in [3.8, 4) is 0 Å². The minimum Gasteiger partial charge on any atom is -0.299 e. The first-order valence-corrected chi connectivity index (χ1v) is 7.05. The Morgan fingerprint density at radius 3 is 2.79 bits per heavy atom. The molecule has 19 heavy (non-hydrogen) atoms. The lowest BCUT2D eigenvalue weighted by atomic mass is 9.95. The number of likely N-dealkylation sites (tertiary alicyclic amines) is 1. The number of nitrogens with zero attached hydrogens (tertiary/aromatic N) is 1. The van der Waals surface area contributed by atoms with E-state index < -0.39 is 0 Å². The zero-order chi connectivity index (χ0) is 13.7. The number of carbonyl (C=O) groups is 1. The number of carbonyl (C=O) groups excluding carboxylic acids is 1. The summed E-state index contributed by atoms with van der Waals surface area (Å²) in [6, 6.07) is 7.69. The molecule has 4 nitrogen and oxygen atoms in total. The molecule has 0 bridgehead atoms. The van der Waals surface area contributed by atoms with Gasteiger partial charge in [-0.05, 0) is 43.0 Å². The van der Waals surface area contributed by atoms with Gasteiger partial charge in [0, 0.05) is 18.7 Å². The third-order valence-corrected chi connectivity index (χ3v) is 3.93. The van der Waals surface area contributed by atoms with E-state index in [1.807, 2.05) is 24.3 Å². The average Bonchev–Trinajstić information content (AvgIpc) is 2.47. The summed E-state index contributed by atoms with van der Waals surface area (Å²) < 4.78 is 0. The number of nitrogens with one attached hydrogen (secondary N) is 1. The van der Waals surface area contributed by atoms with Gasteiger partial charge in [-0.3, -0.25) is 15.1 Å². The monoisotopic (exact) mass is 261 g/mol. The molecule has 3 N–H and O–H groups in total. The molecular formula is C15H23N3O. The first kappa shape index (κ1) is 14.0. The smallest absolute Gasteiger partial charge is 0.265 e. The molecule has 0 aliphatic carbocycles. The van der Waals surface area contributed by atoms with Crippen LogP contribution in [0.4, 0.5) is 0 Å². The summed E-state index contributed by atoms with van der Waals surface area (Å²) >= 11 is 0. The minimum atomic E-state index is -0.240. The lowest BCUT2D eigenvalue weighted by Crippen LogP contribution is -2.34. The van der Waals surface area contributed by atoms with Crippen LogP contribution in [-0.2, 0) is 6.54 Å². The second-order valence-corrected chi connectivity index (χ2v) is 5.32. The Labute approximate surface area is 114 Å². The highest BCUT2D eigenvalue weighted by atomic mass is 16.2. The highest BCUT2D eigenvalue weighted by molar-refractivity contribution is 5.93. The molecule has 1 saturated heterocycles. The van der Waals surface area contributed by atoms with Crippen molar-refractivity contribution >= 4 is 5.91 Å². The molecule has 1 amide bonds. The number of nitrogens with two attached hydrogens (primary N) is 1. The largest absolute Gasteiger partial charge is 0.299 e. The molecule has 1 heterocycles. The molecule has 1 aliphatic heterocycles. The fourth-order valence-corrected chi connectivity index (χ4v) is 2.73. The quantitative estimate of drug-likeness (QED) is 0.494. The minimum absolute atomic E-state index is 0.240. The molecule has 1 aromatic carbocycles. The van der Waals surface area contributed by atoms with Crippen LogP contribution >= 0.6 is 0 Å². The predicted octanol–water partition coefficient (Wildman–Crippen LogP) is 1.91. The van der Waals surface area contributed by atoms with Crippen LogP contribution in [0, 0.1) is 5.92 Å². The molecule has 0 aromatic heterocycles. The van der Waals surface area contributed by atoms with Crippen molar-refractivity contribution in [1.29, 1.82) is 0 Å². The maximum atomic E-state index is 11.4. The molecule has 1 fully saturated rings. The van der Waals surface area contributed by atoms with E-state index in [1.165, 1.54) is 37.9 Å². The fraction of sp³-hybridized carbons (Fsp3) is 0.533. The Morgan fingerprint density at radius 1 is 1.42 bits per heavy atom. The molecular weight excluding hydrogens is 238 g/mol. The number of hydrogen-bond acceptors (Lipinski definition) is 3. The van der Waals surface area contributed by atoms with Gasteiger partial charge in [-0.25, -0.2) is 5.84 Å². The Hall–Kier alpha value is -1.39. The molecule has 104 valence electrons. The van der Waals surface area contributed by atoms with E-state index in [4.69, 9.17) is 5.84 Å². The lowest BCUT2D eigenvalue weighted by Gasteiger charge is -2.32. The number of benzene rings is 1. The summed E-state index contributed by atoms with van der Waals surface area (Å²) in [5, 5.41) is 0. The van der Waals surface area contributed by atoms with Gasteiger partial charge in [-0.15, -0.1) is 0 Å². The molecule has 1 aromatic rings. The number of amides is 1. The molecule has 1 aliphatic rings. The molecule has 0 radical (unpaired) electrons.